The van der Waals surface area contributed by atoms with E-state index in [1.807, 2.05) is 42.1 Å². The van der Waals surface area contributed by atoms with Crippen molar-refractivity contribution in [1.29, 1.82) is 0 Å². The molecule has 5 heteroatoms. The van der Waals surface area contributed by atoms with E-state index in [1.54, 1.807) is 0 Å². The summed E-state index contributed by atoms with van der Waals surface area (Å²) in [6.45, 7) is 7.74. The molecule has 150 valence electrons. The van der Waals surface area contributed by atoms with Crippen LogP contribution in [0.15, 0.2) is 59.5 Å². The molecule has 1 saturated heterocycles. The minimum absolute atomic E-state index is 0.00452. The Morgan fingerprint density at radius 1 is 1.07 bits per heavy atom. The van der Waals surface area contributed by atoms with Gasteiger partial charge in [-0.15, -0.1) is 11.8 Å². The fraction of sp³-hybridized carbons (Fsp3) is 0.435. The van der Waals surface area contributed by atoms with Crippen molar-refractivity contribution in [2.24, 2.45) is 0 Å². The summed E-state index contributed by atoms with van der Waals surface area (Å²) in [4.78, 5) is 16.0. The summed E-state index contributed by atoms with van der Waals surface area (Å²) in [5.74, 6) is 1.00. The van der Waals surface area contributed by atoms with Gasteiger partial charge in [0.25, 0.3) is 5.91 Å². The molecule has 1 N–H and O–H groups in total. The number of amides is 1. The van der Waals surface area contributed by atoms with Crippen LogP contribution in [-0.4, -0.2) is 48.4 Å². The van der Waals surface area contributed by atoms with Gasteiger partial charge < -0.3 is 10.1 Å². The highest BCUT2D eigenvalue weighted by molar-refractivity contribution is 7.99. The number of nitrogens with one attached hydrogen (secondary N) is 1. The summed E-state index contributed by atoms with van der Waals surface area (Å²) in [6.07, 6.45) is 1.50. The first-order valence-corrected chi connectivity index (χ1v) is 11.0. The van der Waals surface area contributed by atoms with Crippen LogP contribution in [0.2, 0.25) is 0 Å². The number of rotatable bonds is 8. The van der Waals surface area contributed by atoms with E-state index >= 15 is 0 Å². The second-order valence-corrected chi connectivity index (χ2v) is 8.59. The molecule has 1 heterocycles. The lowest BCUT2D eigenvalue weighted by molar-refractivity contribution is -0.0704. The Kier molecular flexibility index (Phi) is 7.95. The molecule has 3 rings (SSSR count). The molecule has 0 bridgehead atoms. The van der Waals surface area contributed by atoms with Crippen LogP contribution >= 0.6 is 11.8 Å². The molecule has 2 atom stereocenters. The van der Waals surface area contributed by atoms with Crippen molar-refractivity contribution in [1.82, 2.24) is 10.2 Å². The van der Waals surface area contributed by atoms with Crippen LogP contribution in [-0.2, 0) is 11.3 Å². The second kappa shape index (κ2) is 10.6. The molecule has 4 nitrogen and oxygen atoms in total. The number of hydrogen-bond donors (Lipinski definition) is 1. The van der Waals surface area contributed by atoms with Gasteiger partial charge in [0.1, 0.15) is 0 Å². The fourth-order valence-corrected chi connectivity index (χ4v) is 4.39. The van der Waals surface area contributed by atoms with Crippen molar-refractivity contribution in [2.75, 3.05) is 25.4 Å². The van der Waals surface area contributed by atoms with Crippen molar-refractivity contribution < 1.29 is 9.53 Å². The van der Waals surface area contributed by atoms with Crippen LogP contribution < -0.4 is 5.32 Å². The Bertz CT molecular complexity index is 726. The summed E-state index contributed by atoms with van der Waals surface area (Å²) < 4.78 is 5.79. The van der Waals surface area contributed by atoms with Crippen molar-refractivity contribution in [2.45, 2.75) is 43.9 Å². The SMILES string of the molecule is CC1CN(Cc2ccc(C(=O)NCCCSc3ccccc3)cc2)CC(C)O1. The Morgan fingerprint density at radius 3 is 2.43 bits per heavy atom. The lowest BCUT2D eigenvalue weighted by atomic mass is 10.1. The van der Waals surface area contributed by atoms with Crippen molar-refractivity contribution in [3.05, 3.63) is 65.7 Å². The van der Waals surface area contributed by atoms with Gasteiger partial charge in [0.2, 0.25) is 0 Å². The van der Waals surface area contributed by atoms with E-state index in [-0.39, 0.29) is 18.1 Å². The van der Waals surface area contributed by atoms with Gasteiger partial charge in [-0.1, -0.05) is 30.3 Å². The molecule has 2 unspecified atom stereocenters. The maximum absolute atomic E-state index is 12.3. The molecule has 0 spiro atoms. The van der Waals surface area contributed by atoms with Crippen LogP contribution in [0.25, 0.3) is 0 Å². The van der Waals surface area contributed by atoms with Gasteiger partial charge >= 0.3 is 0 Å². The fourth-order valence-electron chi connectivity index (χ4n) is 3.52. The molecule has 1 aliphatic heterocycles. The van der Waals surface area contributed by atoms with E-state index < -0.39 is 0 Å². The van der Waals surface area contributed by atoms with Gasteiger partial charge in [0.05, 0.1) is 12.2 Å². The Morgan fingerprint density at radius 2 is 1.75 bits per heavy atom. The highest BCUT2D eigenvalue weighted by atomic mass is 32.2. The molecular formula is C23H30N2O2S. The molecule has 0 aromatic heterocycles. The number of carbonyl (C=O) groups is 1. The molecule has 2 aromatic rings. The van der Waals surface area contributed by atoms with Gasteiger partial charge in [-0.3, -0.25) is 9.69 Å². The molecule has 0 aliphatic carbocycles. The molecular weight excluding hydrogens is 368 g/mol. The summed E-state index contributed by atoms with van der Waals surface area (Å²) >= 11 is 1.82. The Balaban J connectivity index is 1.38. The van der Waals surface area contributed by atoms with Crippen molar-refractivity contribution in [3.63, 3.8) is 0 Å². The first-order chi connectivity index (χ1) is 13.6. The maximum atomic E-state index is 12.3. The average molecular weight is 399 g/mol. The normalized spacial score (nSPS) is 20.1. The first kappa shape index (κ1) is 20.9. The summed E-state index contributed by atoms with van der Waals surface area (Å²) in [5.41, 5.74) is 1.96. The quantitative estimate of drug-likeness (QED) is 0.534. The van der Waals surface area contributed by atoms with Crippen LogP contribution in [0.3, 0.4) is 0 Å². The minimum Gasteiger partial charge on any atom is -0.373 e. The molecule has 1 aliphatic rings. The van der Waals surface area contributed by atoms with Crippen LogP contribution in [0.5, 0.6) is 0 Å². The topological polar surface area (TPSA) is 41.6 Å². The second-order valence-electron chi connectivity index (χ2n) is 7.42. The molecule has 1 fully saturated rings. The number of benzene rings is 2. The average Bonchev–Trinajstić information content (AvgIpc) is 2.68. The van der Waals surface area contributed by atoms with Crippen LogP contribution in [0.1, 0.15) is 36.2 Å². The third-order valence-corrected chi connectivity index (χ3v) is 5.83. The van der Waals surface area contributed by atoms with Gasteiger partial charge in [-0.2, -0.15) is 0 Å². The number of morpholine rings is 1. The monoisotopic (exact) mass is 398 g/mol. The summed E-state index contributed by atoms with van der Waals surface area (Å²) in [7, 11) is 0. The van der Waals surface area contributed by atoms with Crippen LogP contribution in [0.4, 0.5) is 0 Å². The lowest BCUT2D eigenvalue weighted by Crippen LogP contribution is -2.44. The van der Waals surface area contributed by atoms with E-state index in [2.05, 4.69) is 48.3 Å². The Labute approximate surface area is 172 Å². The lowest BCUT2D eigenvalue weighted by Gasteiger charge is -2.35. The van der Waals surface area contributed by atoms with Crippen molar-refractivity contribution in [3.8, 4) is 0 Å². The third kappa shape index (κ3) is 6.66. The highest BCUT2D eigenvalue weighted by Crippen LogP contribution is 2.17. The predicted octanol–water partition coefficient (Wildman–Crippen LogP) is 4.21. The van der Waals surface area contributed by atoms with E-state index in [0.29, 0.717) is 6.54 Å². The molecule has 0 radical (unpaired) electrons. The smallest absolute Gasteiger partial charge is 0.251 e. The largest absolute Gasteiger partial charge is 0.373 e. The summed E-state index contributed by atoms with van der Waals surface area (Å²) in [6, 6.07) is 18.3. The van der Waals surface area contributed by atoms with E-state index in [4.69, 9.17) is 4.74 Å². The molecule has 0 saturated carbocycles. The van der Waals surface area contributed by atoms with E-state index in [1.165, 1.54) is 10.5 Å². The predicted molar refractivity (Wildman–Crippen MR) is 116 cm³/mol. The van der Waals surface area contributed by atoms with Gasteiger partial charge in [-0.05, 0) is 55.9 Å². The summed E-state index contributed by atoms with van der Waals surface area (Å²) in [5, 5.41) is 3.02. The number of carbonyl (C=O) groups excluding carboxylic acids is 1. The molecule has 28 heavy (non-hydrogen) atoms. The van der Waals surface area contributed by atoms with Gasteiger partial charge in [0.15, 0.2) is 0 Å². The zero-order valence-electron chi connectivity index (χ0n) is 16.8. The van der Waals surface area contributed by atoms with Crippen LogP contribution in [0, 0.1) is 0 Å². The number of thioether (sulfide) groups is 1. The Hall–Kier alpha value is -1.82. The maximum Gasteiger partial charge on any atom is 0.251 e. The highest BCUT2D eigenvalue weighted by Gasteiger charge is 2.22. The zero-order chi connectivity index (χ0) is 19.8. The van der Waals surface area contributed by atoms with Gasteiger partial charge in [-0.25, -0.2) is 0 Å². The van der Waals surface area contributed by atoms with Gasteiger partial charge in [0, 0.05) is 36.6 Å². The molecule has 1 amide bonds. The van der Waals surface area contributed by atoms with E-state index in [0.717, 1.165) is 37.4 Å². The van der Waals surface area contributed by atoms with Crippen molar-refractivity contribution >= 4 is 17.7 Å². The zero-order valence-corrected chi connectivity index (χ0v) is 17.6. The number of ether oxygens (including phenoxy) is 1. The number of nitrogens with zero attached hydrogens (tertiary/aromatic N) is 1. The third-order valence-electron chi connectivity index (χ3n) is 4.74. The number of hydrogen-bond acceptors (Lipinski definition) is 4. The first-order valence-electron chi connectivity index (χ1n) is 10.0. The van der Waals surface area contributed by atoms with E-state index in [9.17, 15) is 4.79 Å². The molecule has 2 aromatic carbocycles. The minimum atomic E-state index is 0.00452. The standard InChI is InChI=1S/C23H30N2O2S/c1-18-15-25(16-19(2)27-18)17-20-9-11-21(12-10-20)23(26)24-13-6-14-28-22-7-4-3-5-8-22/h3-5,7-12,18-19H,6,13-17H2,1-2H3,(H,24,26).